The summed E-state index contributed by atoms with van der Waals surface area (Å²) >= 11 is 2.16. The lowest BCUT2D eigenvalue weighted by Gasteiger charge is -2.29. The number of hydrogen-bond acceptors (Lipinski definition) is 6. The van der Waals surface area contributed by atoms with Crippen molar-refractivity contribution in [3.63, 3.8) is 0 Å². The van der Waals surface area contributed by atoms with Crippen LogP contribution in [0.1, 0.15) is 13.8 Å². The number of nitrogens with one attached hydrogen (secondary N) is 2. The summed E-state index contributed by atoms with van der Waals surface area (Å²) in [6.07, 6.45) is 1.28. The topological polar surface area (TPSA) is 93.3 Å². The quantitative estimate of drug-likeness (QED) is 0.340. The Kier molecular flexibility index (Phi) is 3.55. The van der Waals surface area contributed by atoms with E-state index in [9.17, 15) is 9.59 Å². The maximum Gasteiger partial charge on any atom is 0.350 e. The first-order chi connectivity index (χ1) is 10.4. The van der Waals surface area contributed by atoms with Gasteiger partial charge in [-0.3, -0.25) is 5.10 Å². The molecular formula is C14H12IN3O4. The number of esters is 2. The van der Waals surface area contributed by atoms with Crippen LogP contribution >= 0.6 is 22.6 Å². The van der Waals surface area contributed by atoms with Crippen LogP contribution in [0.5, 0.6) is 0 Å². The average molecular weight is 413 g/mol. The number of aromatic amines is 1. The normalized spacial score (nSPS) is 17.1. The Balaban J connectivity index is 1.83. The molecule has 0 radical (unpaired) electrons. The highest BCUT2D eigenvalue weighted by molar-refractivity contribution is 14.1. The molecule has 0 bridgehead atoms. The predicted octanol–water partition coefficient (Wildman–Crippen LogP) is 2.30. The van der Waals surface area contributed by atoms with Crippen molar-refractivity contribution in [2.45, 2.75) is 19.6 Å². The van der Waals surface area contributed by atoms with Crippen molar-refractivity contribution in [1.82, 2.24) is 10.2 Å². The summed E-state index contributed by atoms with van der Waals surface area (Å²) in [7, 11) is 0. The number of carbonyl (C=O) groups is 2. The minimum atomic E-state index is -1.24. The molecule has 1 aromatic carbocycles. The molecule has 2 aromatic rings. The third-order valence-corrected chi connectivity index (χ3v) is 3.83. The fourth-order valence-corrected chi connectivity index (χ4v) is 2.58. The van der Waals surface area contributed by atoms with Gasteiger partial charge in [-0.25, -0.2) is 9.59 Å². The van der Waals surface area contributed by atoms with E-state index in [0.717, 1.165) is 14.6 Å². The van der Waals surface area contributed by atoms with Crippen LogP contribution in [0.4, 0.5) is 5.69 Å². The van der Waals surface area contributed by atoms with E-state index in [2.05, 4.69) is 38.1 Å². The highest BCUT2D eigenvalue weighted by Gasteiger charge is 2.38. The molecule has 2 heterocycles. The van der Waals surface area contributed by atoms with Crippen LogP contribution < -0.4 is 5.32 Å². The molecule has 0 amide bonds. The maximum atomic E-state index is 11.8. The van der Waals surface area contributed by atoms with E-state index in [1.54, 1.807) is 6.07 Å². The van der Waals surface area contributed by atoms with Crippen LogP contribution in [0.25, 0.3) is 10.9 Å². The van der Waals surface area contributed by atoms with Crippen molar-refractivity contribution in [3.8, 4) is 0 Å². The number of ether oxygens (including phenoxy) is 2. The summed E-state index contributed by atoms with van der Waals surface area (Å²) < 4.78 is 11.0. The molecule has 1 aliphatic heterocycles. The van der Waals surface area contributed by atoms with Gasteiger partial charge in [-0.15, -0.1) is 0 Å². The summed E-state index contributed by atoms with van der Waals surface area (Å²) in [4.78, 5) is 23.6. The van der Waals surface area contributed by atoms with Gasteiger partial charge in [0, 0.05) is 31.1 Å². The monoisotopic (exact) mass is 413 g/mol. The zero-order valence-corrected chi connectivity index (χ0v) is 13.9. The number of halogens is 1. The fourth-order valence-electron chi connectivity index (χ4n) is 2.00. The molecule has 1 fully saturated rings. The smallest absolute Gasteiger partial charge is 0.350 e. The van der Waals surface area contributed by atoms with Crippen LogP contribution in [-0.2, 0) is 19.1 Å². The van der Waals surface area contributed by atoms with Gasteiger partial charge >= 0.3 is 11.9 Å². The van der Waals surface area contributed by atoms with Crippen LogP contribution in [-0.4, -0.2) is 27.9 Å². The lowest BCUT2D eigenvalue weighted by Crippen LogP contribution is -2.42. The molecule has 3 rings (SSSR count). The average Bonchev–Trinajstić information content (AvgIpc) is 2.78. The summed E-state index contributed by atoms with van der Waals surface area (Å²) in [5.74, 6) is -2.68. The summed E-state index contributed by atoms with van der Waals surface area (Å²) in [6.45, 7) is 3.00. The lowest BCUT2D eigenvalue weighted by atomic mass is 10.2. The Labute approximate surface area is 139 Å². The van der Waals surface area contributed by atoms with Crippen molar-refractivity contribution in [2.24, 2.45) is 0 Å². The number of anilines is 1. The molecule has 0 unspecified atom stereocenters. The van der Waals surface area contributed by atoms with Gasteiger partial charge in [-0.2, -0.15) is 5.10 Å². The van der Waals surface area contributed by atoms with Crippen LogP contribution in [0.2, 0.25) is 0 Å². The molecular weight excluding hydrogens is 401 g/mol. The highest BCUT2D eigenvalue weighted by atomic mass is 127. The minimum absolute atomic E-state index is 0.184. The zero-order chi connectivity index (χ0) is 15.9. The van der Waals surface area contributed by atoms with Crippen LogP contribution in [0, 0.1) is 3.70 Å². The van der Waals surface area contributed by atoms with Gasteiger partial charge in [0.1, 0.15) is 3.70 Å². The van der Waals surface area contributed by atoms with E-state index >= 15 is 0 Å². The van der Waals surface area contributed by atoms with Crippen molar-refractivity contribution in [3.05, 3.63) is 33.7 Å². The fraction of sp³-hybridized carbons (Fsp3) is 0.214. The first kappa shape index (κ1) is 14.8. The summed E-state index contributed by atoms with van der Waals surface area (Å²) in [5, 5.41) is 10.9. The number of nitrogens with zero attached hydrogens (tertiary/aromatic N) is 1. The van der Waals surface area contributed by atoms with Gasteiger partial charge in [-0.05, 0) is 40.8 Å². The van der Waals surface area contributed by atoms with Crippen molar-refractivity contribution in [1.29, 1.82) is 0 Å². The third-order valence-electron chi connectivity index (χ3n) is 3.01. The molecule has 8 heteroatoms. The van der Waals surface area contributed by atoms with Crippen molar-refractivity contribution < 1.29 is 19.1 Å². The molecule has 0 aliphatic carbocycles. The summed E-state index contributed by atoms with van der Waals surface area (Å²) in [5.41, 5.74) is 1.28. The number of H-pyrrole nitrogens is 1. The number of fused-ring (bicyclic) bond motifs is 1. The lowest BCUT2D eigenvalue weighted by molar-refractivity contribution is -0.222. The molecule has 1 saturated heterocycles. The highest BCUT2D eigenvalue weighted by Crippen LogP contribution is 2.24. The number of carbonyl (C=O) groups excluding carboxylic acids is 2. The Morgan fingerprint density at radius 3 is 2.64 bits per heavy atom. The van der Waals surface area contributed by atoms with E-state index < -0.39 is 17.7 Å². The molecule has 2 N–H and O–H groups in total. The van der Waals surface area contributed by atoms with E-state index in [-0.39, 0.29) is 5.57 Å². The van der Waals surface area contributed by atoms with Gasteiger partial charge < -0.3 is 14.8 Å². The zero-order valence-electron chi connectivity index (χ0n) is 11.8. The first-order valence-electron chi connectivity index (χ1n) is 6.43. The van der Waals surface area contributed by atoms with Gasteiger partial charge in [0.05, 0.1) is 5.52 Å². The molecule has 0 saturated carbocycles. The predicted molar refractivity (Wildman–Crippen MR) is 86.8 cm³/mol. The Bertz CT molecular complexity index is 788. The second kappa shape index (κ2) is 5.27. The second-order valence-electron chi connectivity index (χ2n) is 5.15. The minimum Gasteiger partial charge on any atom is -0.419 e. The number of aromatic nitrogens is 2. The third kappa shape index (κ3) is 2.78. The van der Waals surface area contributed by atoms with E-state index in [1.165, 1.54) is 20.0 Å². The number of benzene rings is 1. The first-order valence-corrected chi connectivity index (χ1v) is 7.51. The second-order valence-corrected chi connectivity index (χ2v) is 6.23. The SMILES string of the molecule is CC1(C)OC(=O)C(=CNc2ccc3c(I)[nH]nc3c2)C(=O)O1. The van der Waals surface area contributed by atoms with Gasteiger partial charge in [0.2, 0.25) is 0 Å². The summed E-state index contributed by atoms with van der Waals surface area (Å²) in [6, 6.07) is 5.51. The molecule has 7 nitrogen and oxygen atoms in total. The molecule has 22 heavy (non-hydrogen) atoms. The Morgan fingerprint density at radius 2 is 1.95 bits per heavy atom. The van der Waals surface area contributed by atoms with Gasteiger partial charge in [0.25, 0.3) is 5.79 Å². The molecule has 0 spiro atoms. The van der Waals surface area contributed by atoms with Crippen LogP contribution in [0.3, 0.4) is 0 Å². The number of cyclic esters (lactones) is 2. The largest absolute Gasteiger partial charge is 0.419 e. The molecule has 1 aromatic heterocycles. The van der Waals surface area contributed by atoms with E-state index in [0.29, 0.717) is 5.69 Å². The van der Waals surface area contributed by atoms with E-state index in [4.69, 9.17) is 9.47 Å². The van der Waals surface area contributed by atoms with E-state index in [1.807, 2.05) is 12.1 Å². The van der Waals surface area contributed by atoms with Crippen LogP contribution in [0.15, 0.2) is 30.0 Å². The Hall–Kier alpha value is -2.10. The van der Waals surface area contributed by atoms with Gasteiger partial charge in [0.15, 0.2) is 5.57 Å². The maximum absolute atomic E-state index is 11.8. The number of rotatable bonds is 2. The molecule has 1 aliphatic rings. The number of hydrogen-bond donors (Lipinski definition) is 2. The van der Waals surface area contributed by atoms with Crippen molar-refractivity contribution in [2.75, 3.05) is 5.32 Å². The standard InChI is InChI=1S/C14H12IN3O4/c1-14(2)21-12(19)9(13(20)22-14)6-16-7-3-4-8-10(5-7)17-18-11(8)15/h3-6,16H,1-2H3,(H,17,18). The van der Waals surface area contributed by atoms with Crippen molar-refractivity contribution >= 4 is 51.1 Å². The van der Waals surface area contributed by atoms with Gasteiger partial charge in [-0.1, -0.05) is 0 Å². The molecule has 114 valence electrons. The Morgan fingerprint density at radius 1 is 1.27 bits per heavy atom. The molecule has 0 atom stereocenters.